The number of hydrogen-bond acceptors (Lipinski definition) is 5. The highest BCUT2D eigenvalue weighted by Crippen LogP contribution is 2.61. The van der Waals surface area contributed by atoms with E-state index < -0.39 is 10.3 Å². The van der Waals surface area contributed by atoms with Gasteiger partial charge >= 0.3 is 10.3 Å². The minimum atomic E-state index is -4.09. The van der Waals surface area contributed by atoms with Gasteiger partial charge < -0.3 is 14.0 Å². The van der Waals surface area contributed by atoms with Crippen molar-refractivity contribution < 1.29 is 22.4 Å². The highest BCUT2D eigenvalue weighted by molar-refractivity contribution is 7.84. The van der Waals surface area contributed by atoms with Gasteiger partial charge in [-0.15, -0.1) is 0 Å². The summed E-state index contributed by atoms with van der Waals surface area (Å²) >= 11 is 0. The van der Waals surface area contributed by atoms with Crippen LogP contribution in [0.2, 0.25) is 0 Å². The van der Waals surface area contributed by atoms with Crippen molar-refractivity contribution in [1.29, 1.82) is 0 Å². The molecule has 6 nitrogen and oxygen atoms in total. The van der Waals surface area contributed by atoms with Gasteiger partial charge in [0.15, 0.2) is 11.5 Å². The van der Waals surface area contributed by atoms with Crippen LogP contribution in [0.4, 0.5) is 0 Å². The van der Waals surface area contributed by atoms with Crippen molar-refractivity contribution in [2.24, 2.45) is 22.4 Å². The second-order valence-electron chi connectivity index (χ2n) is 8.33. The third kappa shape index (κ3) is 2.80. The van der Waals surface area contributed by atoms with Gasteiger partial charge in [-0.3, -0.25) is 0 Å². The van der Waals surface area contributed by atoms with Crippen LogP contribution < -0.4 is 14.1 Å². The molecular weight excluding hydrogens is 354 g/mol. The Kier molecular flexibility index (Phi) is 4.24. The van der Waals surface area contributed by atoms with Gasteiger partial charge in [-0.25, -0.2) is 0 Å². The smallest absolute Gasteiger partial charge is 0.380 e. The van der Waals surface area contributed by atoms with Crippen LogP contribution >= 0.6 is 0 Å². The molecule has 0 aliphatic heterocycles. The number of fused-ring (bicyclic) bond motifs is 5. The molecule has 3 aliphatic carbocycles. The van der Waals surface area contributed by atoms with Crippen LogP contribution in [0, 0.1) is 17.3 Å². The molecule has 0 aromatic heterocycles. The van der Waals surface area contributed by atoms with Gasteiger partial charge in [0.05, 0.1) is 13.2 Å². The average Bonchev–Trinajstić information content (AvgIpc) is 2.88. The number of aryl methyl sites for hydroxylation is 1. The van der Waals surface area contributed by atoms with Gasteiger partial charge in [-0.05, 0) is 85.0 Å². The Morgan fingerprint density at radius 1 is 1.19 bits per heavy atom. The molecule has 0 heterocycles. The van der Waals surface area contributed by atoms with E-state index in [1.807, 2.05) is 6.07 Å². The fraction of sp³-hybridized carbons (Fsp3) is 0.684. The molecule has 0 spiro atoms. The van der Waals surface area contributed by atoms with E-state index in [1.165, 1.54) is 12.7 Å². The normalized spacial score (nSPS) is 36.0. The third-order valence-corrected chi connectivity index (χ3v) is 7.58. The molecule has 2 fully saturated rings. The van der Waals surface area contributed by atoms with Gasteiger partial charge in [0.25, 0.3) is 0 Å². The Labute approximate surface area is 154 Å². The maximum atomic E-state index is 11.3. The van der Waals surface area contributed by atoms with Crippen LogP contribution in [-0.4, -0.2) is 26.7 Å². The first-order valence-electron chi connectivity index (χ1n) is 9.34. The molecule has 0 unspecified atom stereocenters. The highest BCUT2D eigenvalue weighted by Gasteiger charge is 2.54. The van der Waals surface area contributed by atoms with Gasteiger partial charge in [0.2, 0.25) is 0 Å². The molecule has 26 heavy (non-hydrogen) atoms. The summed E-state index contributed by atoms with van der Waals surface area (Å²) in [5, 5.41) is 15.5. The van der Waals surface area contributed by atoms with Crippen molar-refractivity contribution in [1.82, 2.24) is 0 Å². The Hall–Kier alpha value is -1.31. The molecule has 4 rings (SSSR count). The van der Waals surface area contributed by atoms with Gasteiger partial charge in [0, 0.05) is 0 Å². The lowest BCUT2D eigenvalue weighted by atomic mass is 9.55. The van der Waals surface area contributed by atoms with E-state index in [0.29, 0.717) is 23.5 Å². The van der Waals surface area contributed by atoms with E-state index in [2.05, 4.69) is 6.92 Å². The minimum Gasteiger partial charge on any atom is -0.493 e. The summed E-state index contributed by atoms with van der Waals surface area (Å²) in [7, 11) is -2.59. The number of aliphatic hydroxyl groups is 1. The number of aliphatic hydroxyl groups excluding tert-OH is 1. The second kappa shape index (κ2) is 6.11. The number of ether oxygens (including phenoxy) is 1. The Bertz CT molecular complexity index is 823. The molecule has 1 aromatic carbocycles. The first-order valence-corrected chi connectivity index (χ1v) is 10.8. The molecule has 0 saturated heterocycles. The van der Waals surface area contributed by atoms with Gasteiger partial charge in [-0.1, -0.05) is 6.92 Å². The first-order chi connectivity index (χ1) is 12.2. The van der Waals surface area contributed by atoms with Crippen molar-refractivity contribution >= 4 is 10.3 Å². The topological polar surface area (TPSA) is 98.9 Å². The number of hydrogen-bond donors (Lipinski definition) is 2. The van der Waals surface area contributed by atoms with E-state index in [4.69, 9.17) is 14.1 Å². The summed E-state index contributed by atoms with van der Waals surface area (Å²) < 4.78 is 33.0. The Balaban J connectivity index is 1.70. The number of methoxy groups -OCH3 is 1. The zero-order chi connectivity index (χ0) is 18.7. The lowest BCUT2D eigenvalue weighted by Crippen LogP contribution is -2.43. The maximum absolute atomic E-state index is 11.3. The quantitative estimate of drug-likeness (QED) is 0.838. The molecule has 2 saturated carbocycles. The van der Waals surface area contributed by atoms with Crippen LogP contribution in [-0.2, 0) is 16.7 Å². The predicted octanol–water partition coefficient (Wildman–Crippen LogP) is 2.49. The Morgan fingerprint density at radius 3 is 2.65 bits per heavy atom. The molecule has 5 atom stereocenters. The molecule has 0 radical (unpaired) electrons. The summed E-state index contributed by atoms with van der Waals surface area (Å²) in [6, 6.07) is 3.70. The molecule has 144 valence electrons. The zero-order valence-electron chi connectivity index (χ0n) is 15.3. The van der Waals surface area contributed by atoms with E-state index in [1.54, 1.807) is 6.07 Å². The largest absolute Gasteiger partial charge is 0.493 e. The van der Waals surface area contributed by atoms with Crippen LogP contribution in [0.1, 0.15) is 56.1 Å². The van der Waals surface area contributed by atoms with Gasteiger partial charge in [0.1, 0.15) is 0 Å². The van der Waals surface area contributed by atoms with Crippen molar-refractivity contribution in [3.05, 3.63) is 23.3 Å². The van der Waals surface area contributed by atoms with Gasteiger partial charge in [-0.2, -0.15) is 13.6 Å². The fourth-order valence-electron chi connectivity index (χ4n) is 5.90. The Morgan fingerprint density at radius 2 is 1.96 bits per heavy atom. The number of rotatable bonds is 3. The van der Waals surface area contributed by atoms with Crippen LogP contribution in [0.15, 0.2) is 12.1 Å². The van der Waals surface area contributed by atoms with Crippen LogP contribution in [0.3, 0.4) is 0 Å². The summed E-state index contributed by atoms with van der Waals surface area (Å²) in [4.78, 5) is 0. The molecule has 3 N–H and O–H groups in total. The first kappa shape index (κ1) is 18.1. The second-order valence-corrected chi connectivity index (χ2v) is 9.48. The maximum Gasteiger partial charge on any atom is 0.380 e. The molecular formula is C19H27NO5S. The van der Waals surface area contributed by atoms with Crippen molar-refractivity contribution in [2.75, 3.05) is 7.11 Å². The molecule has 1 aromatic rings. The third-order valence-electron chi connectivity index (χ3n) is 7.16. The van der Waals surface area contributed by atoms with Crippen LogP contribution in [0.5, 0.6) is 11.5 Å². The lowest BCUT2D eigenvalue weighted by molar-refractivity contribution is -0.0226. The summed E-state index contributed by atoms with van der Waals surface area (Å²) in [5.41, 5.74) is 2.40. The summed E-state index contributed by atoms with van der Waals surface area (Å²) in [5.74, 6) is 2.10. The molecule has 0 bridgehead atoms. The average molecular weight is 381 g/mol. The van der Waals surface area contributed by atoms with Crippen molar-refractivity contribution in [3.8, 4) is 11.5 Å². The van der Waals surface area contributed by atoms with Crippen molar-refractivity contribution in [3.63, 3.8) is 0 Å². The van der Waals surface area contributed by atoms with E-state index in [-0.39, 0.29) is 17.3 Å². The summed E-state index contributed by atoms with van der Waals surface area (Å²) in [6.45, 7) is 2.25. The SMILES string of the molecule is COc1cc2c(cc1OS(N)(=O)=O)CC[C@@H]1[C@@H]2CC[C@]2(C)[C@H](O)CC[C@@H]12. The van der Waals surface area contributed by atoms with E-state index in [0.717, 1.165) is 44.1 Å². The standard InChI is InChI=1S/C19H27NO5S/c1-19-8-7-12-13(15(19)5-6-18(19)21)4-3-11-9-17(25-26(20,22)23)16(24-2)10-14(11)12/h9-10,12-13,15,18,21H,3-8H2,1-2H3,(H2,20,22,23)/t12-,13+,15-,18+,19-/m0/s1. The molecule has 7 heteroatoms. The lowest BCUT2D eigenvalue weighted by Gasteiger charge is -2.50. The molecule has 3 aliphatic rings. The predicted molar refractivity (Wildman–Crippen MR) is 97.4 cm³/mol. The zero-order valence-corrected chi connectivity index (χ0v) is 16.1. The number of nitrogens with two attached hydrogens (primary N) is 1. The minimum absolute atomic E-state index is 0.0411. The number of benzene rings is 1. The molecule has 0 amide bonds. The van der Waals surface area contributed by atoms with Crippen molar-refractivity contribution in [2.45, 2.75) is 57.5 Å². The van der Waals surface area contributed by atoms with Crippen LogP contribution in [0.25, 0.3) is 0 Å². The van der Waals surface area contributed by atoms with E-state index >= 15 is 0 Å². The summed E-state index contributed by atoms with van der Waals surface area (Å²) in [6.07, 6.45) is 5.82. The van der Waals surface area contributed by atoms with E-state index in [9.17, 15) is 13.5 Å². The monoisotopic (exact) mass is 381 g/mol. The highest BCUT2D eigenvalue weighted by atomic mass is 32.2. The fourth-order valence-corrected chi connectivity index (χ4v) is 6.28.